The molecule has 0 saturated carbocycles. The van der Waals surface area contributed by atoms with Crippen LogP contribution in [0.15, 0.2) is 54.9 Å². The maximum atomic E-state index is 14.7. The molecule has 5 heterocycles. The molecular formula is C49H64N8O8. The van der Waals surface area contributed by atoms with Gasteiger partial charge in [-0.3, -0.25) is 39.3 Å². The number of esters is 1. The fourth-order valence-corrected chi connectivity index (χ4v) is 9.41. The molecule has 16 heteroatoms. The molecule has 4 aromatic rings. The molecule has 0 radical (unpaired) electrons. The lowest BCUT2D eigenvalue weighted by atomic mass is 9.84. The van der Waals surface area contributed by atoms with Crippen molar-refractivity contribution in [2.75, 3.05) is 40.9 Å². The summed E-state index contributed by atoms with van der Waals surface area (Å²) in [4.78, 5) is 76.6. The summed E-state index contributed by atoms with van der Waals surface area (Å²) in [5.74, 6) is -2.57. The first-order valence-electron chi connectivity index (χ1n) is 22.6. The van der Waals surface area contributed by atoms with E-state index in [1.54, 1.807) is 32.5 Å². The number of pyridine rings is 1. The van der Waals surface area contributed by atoms with Crippen LogP contribution in [0.1, 0.15) is 71.1 Å². The van der Waals surface area contributed by atoms with Crippen LogP contribution in [0.4, 0.5) is 0 Å². The summed E-state index contributed by atoms with van der Waals surface area (Å²) >= 11 is 0. The molecule has 2 aromatic heterocycles. The van der Waals surface area contributed by atoms with Crippen molar-refractivity contribution in [1.29, 1.82) is 0 Å². The highest BCUT2D eigenvalue weighted by Gasteiger charge is 2.42. The molecule has 0 spiro atoms. The standard InChI is InChI=1S/C49H64N8O8/c1-10-56-40-14-13-31-22-35(40)36(44(56)37-24-50-16-15-32(37)26-64-9)23-49(5,6)27-65-48(63)38-12-11-17-57(53-38)46(61)39(20-30-18-33(31)21-34(58)19-30)52-45(60)43(28(2)3)55(8)41(59)25-54(7)47(62)42-29(4)51-42/h13-16,18-19,21-22,24,28-29,38-39,42-43,51,53,58H,10-12,17,20,23,25-27H2,1-9H3,(H,52,60)/t29-,38+,39+,42-,43+/m1/s1. The van der Waals surface area contributed by atoms with Gasteiger partial charge in [0.05, 0.1) is 25.5 Å². The largest absolute Gasteiger partial charge is 0.508 e. The summed E-state index contributed by atoms with van der Waals surface area (Å²) in [7, 11) is 4.75. The lowest BCUT2D eigenvalue weighted by Gasteiger charge is -2.37. The van der Waals surface area contributed by atoms with E-state index in [1.165, 1.54) is 21.9 Å². The maximum absolute atomic E-state index is 14.7. The molecule has 2 saturated heterocycles. The van der Waals surface area contributed by atoms with Crippen LogP contribution in [-0.2, 0) is 59.4 Å². The van der Waals surface area contributed by atoms with E-state index in [2.05, 4.69) is 58.5 Å². The third-order valence-electron chi connectivity index (χ3n) is 12.9. The molecule has 6 bridgehead atoms. The predicted octanol–water partition coefficient (Wildman–Crippen LogP) is 4.19. The molecule has 4 N–H and O–H groups in total. The second kappa shape index (κ2) is 19.3. The van der Waals surface area contributed by atoms with Crippen LogP contribution in [0, 0.1) is 11.3 Å². The average molecular weight is 893 g/mol. The minimum atomic E-state index is -1.18. The average Bonchev–Trinajstić information content (AvgIpc) is 3.93. The molecule has 0 aliphatic carbocycles. The van der Waals surface area contributed by atoms with Crippen molar-refractivity contribution in [1.82, 2.24) is 40.4 Å². The van der Waals surface area contributed by atoms with Crippen LogP contribution >= 0.6 is 0 Å². The molecule has 4 amide bonds. The Kier molecular flexibility index (Phi) is 14.0. The zero-order chi connectivity index (χ0) is 46.9. The number of rotatable bonds is 11. The van der Waals surface area contributed by atoms with Gasteiger partial charge in [0.1, 0.15) is 29.9 Å². The number of cyclic esters (lactones) is 1. The molecule has 348 valence electrons. The molecule has 2 fully saturated rings. The zero-order valence-electron chi connectivity index (χ0n) is 39.1. The molecule has 7 rings (SSSR count). The van der Waals surface area contributed by atoms with E-state index in [9.17, 15) is 29.1 Å². The Hall–Kier alpha value is -5.84. The Morgan fingerprint density at radius 2 is 1.85 bits per heavy atom. The first kappa shape index (κ1) is 47.1. The number of methoxy groups -OCH3 is 1. The molecule has 0 unspecified atom stereocenters. The molecule has 65 heavy (non-hydrogen) atoms. The fourth-order valence-electron chi connectivity index (χ4n) is 9.41. The van der Waals surface area contributed by atoms with Crippen molar-refractivity contribution in [2.45, 2.75) is 111 Å². The number of fused-ring (bicyclic) bond motifs is 6. The van der Waals surface area contributed by atoms with Gasteiger partial charge in [-0.25, -0.2) is 5.43 Å². The highest BCUT2D eigenvalue weighted by atomic mass is 16.5. The van der Waals surface area contributed by atoms with E-state index in [4.69, 9.17) is 9.47 Å². The van der Waals surface area contributed by atoms with Gasteiger partial charge in [-0.05, 0) is 97.2 Å². The van der Waals surface area contributed by atoms with Gasteiger partial charge in [0, 0.05) is 81.0 Å². The quantitative estimate of drug-likeness (QED) is 0.125. The topological polar surface area (TPSA) is 198 Å². The van der Waals surface area contributed by atoms with Crippen molar-refractivity contribution in [3.8, 4) is 28.1 Å². The number of nitrogens with one attached hydrogen (secondary N) is 3. The number of amides is 4. The molecular weight excluding hydrogens is 829 g/mol. The van der Waals surface area contributed by atoms with Crippen LogP contribution in [0.25, 0.3) is 33.3 Å². The zero-order valence-corrected chi connectivity index (χ0v) is 39.1. The Labute approximate surface area is 381 Å². The molecule has 16 nitrogen and oxygen atoms in total. The third-order valence-corrected chi connectivity index (χ3v) is 12.9. The first-order chi connectivity index (χ1) is 30.9. The van der Waals surface area contributed by atoms with Crippen LogP contribution in [0.5, 0.6) is 5.75 Å². The van der Waals surface area contributed by atoms with E-state index in [0.717, 1.165) is 38.9 Å². The molecule has 5 atom stereocenters. The summed E-state index contributed by atoms with van der Waals surface area (Å²) < 4.78 is 14.0. The highest BCUT2D eigenvalue weighted by Crippen LogP contribution is 2.41. The number of ether oxygens (including phenoxy) is 2. The van der Waals surface area contributed by atoms with Gasteiger partial charge in [-0.15, -0.1) is 0 Å². The van der Waals surface area contributed by atoms with Crippen LogP contribution in [0.2, 0.25) is 0 Å². The number of aryl methyl sites for hydroxylation is 1. The number of phenolic OH excluding ortho intramolecular Hbond substituents is 1. The smallest absolute Gasteiger partial charge is 0.324 e. The summed E-state index contributed by atoms with van der Waals surface area (Å²) in [6, 6.07) is 10.1. The molecule has 3 aliphatic heterocycles. The van der Waals surface area contributed by atoms with Crippen LogP contribution in [-0.4, -0.2) is 130 Å². The van der Waals surface area contributed by atoms with Crippen molar-refractivity contribution in [3.05, 3.63) is 71.5 Å². The van der Waals surface area contributed by atoms with Crippen molar-refractivity contribution in [3.63, 3.8) is 0 Å². The minimum Gasteiger partial charge on any atom is -0.508 e. The Morgan fingerprint density at radius 3 is 2.54 bits per heavy atom. The van der Waals surface area contributed by atoms with Crippen LogP contribution < -0.4 is 16.1 Å². The number of likely N-dealkylation sites (N-methyl/N-ethyl adjacent to an activating group) is 2. The van der Waals surface area contributed by atoms with E-state index in [1.807, 2.05) is 45.2 Å². The molecule has 2 aromatic carbocycles. The van der Waals surface area contributed by atoms with Gasteiger partial charge in [0.25, 0.3) is 5.91 Å². The number of carbonyl (C=O) groups is 5. The number of nitrogens with zero attached hydrogens (tertiary/aromatic N) is 5. The summed E-state index contributed by atoms with van der Waals surface area (Å²) in [6.45, 7) is 13.0. The number of hydrazine groups is 1. The summed E-state index contributed by atoms with van der Waals surface area (Å²) in [5, 5.41) is 19.7. The van der Waals surface area contributed by atoms with Gasteiger partial charge >= 0.3 is 5.97 Å². The number of hydrogen-bond donors (Lipinski definition) is 4. The van der Waals surface area contributed by atoms with Crippen molar-refractivity contribution in [2.24, 2.45) is 11.3 Å². The van der Waals surface area contributed by atoms with Crippen LogP contribution in [0.3, 0.4) is 0 Å². The van der Waals surface area contributed by atoms with Gasteiger partial charge in [-0.1, -0.05) is 39.8 Å². The number of phenols is 1. The Bertz CT molecular complexity index is 2470. The number of aromatic nitrogens is 2. The normalized spacial score (nSPS) is 21.4. The number of carbonyl (C=O) groups excluding carboxylic acids is 5. The van der Waals surface area contributed by atoms with E-state index < -0.39 is 47.2 Å². The van der Waals surface area contributed by atoms with Gasteiger partial charge in [-0.2, -0.15) is 0 Å². The lowest BCUT2D eigenvalue weighted by molar-refractivity contribution is -0.155. The van der Waals surface area contributed by atoms with Crippen molar-refractivity contribution < 1.29 is 38.6 Å². The number of hydrogen-bond acceptors (Lipinski definition) is 11. The van der Waals surface area contributed by atoms with E-state index in [0.29, 0.717) is 43.5 Å². The first-order valence-corrected chi connectivity index (χ1v) is 22.6. The summed E-state index contributed by atoms with van der Waals surface area (Å²) in [5.41, 5.74) is 9.68. The SMILES string of the molecule is CCn1c(-c2cnccc2COC)c2c3cc(ccc31)-c1cc(O)cc(c1)C[C@H](NC(=O)[C@H](C(C)C)N(C)C(=O)CN(C)C(=O)[C@@H]1N[C@@H]1C)C(=O)N1CCC[C@H](N1)C(=O)OCC(C)(C)C2. The second-order valence-corrected chi connectivity index (χ2v) is 19.0. The lowest BCUT2D eigenvalue weighted by Crippen LogP contribution is -2.62. The monoisotopic (exact) mass is 892 g/mol. The van der Waals surface area contributed by atoms with Crippen molar-refractivity contribution >= 4 is 40.5 Å². The third kappa shape index (κ3) is 10.2. The summed E-state index contributed by atoms with van der Waals surface area (Å²) in [6.07, 6.45) is 5.10. The van der Waals surface area contributed by atoms with Gasteiger partial charge in [0.2, 0.25) is 17.7 Å². The predicted molar refractivity (Wildman–Crippen MR) is 246 cm³/mol. The van der Waals surface area contributed by atoms with Gasteiger partial charge < -0.3 is 34.3 Å². The second-order valence-electron chi connectivity index (χ2n) is 19.0. The Morgan fingerprint density at radius 1 is 1.09 bits per heavy atom. The highest BCUT2D eigenvalue weighted by molar-refractivity contribution is 5.96. The number of benzene rings is 2. The van der Waals surface area contributed by atoms with E-state index in [-0.39, 0.29) is 55.8 Å². The number of aromatic hydroxyl groups is 1. The van der Waals surface area contributed by atoms with E-state index >= 15 is 0 Å². The Balaban J connectivity index is 1.29. The van der Waals surface area contributed by atoms with Gasteiger partial charge in [0.15, 0.2) is 0 Å². The molecule has 3 aliphatic rings. The fraction of sp³-hybridized carbons (Fsp3) is 0.510. The maximum Gasteiger partial charge on any atom is 0.324 e. The minimum absolute atomic E-state index is 0.0176.